The maximum absolute atomic E-state index is 11.8. The summed E-state index contributed by atoms with van der Waals surface area (Å²) in [5, 5.41) is 9.95. The first-order valence-electron chi connectivity index (χ1n) is 8.60. The van der Waals surface area contributed by atoms with Gasteiger partial charge in [-0.25, -0.2) is 0 Å². The lowest BCUT2D eigenvalue weighted by Gasteiger charge is -2.40. The van der Waals surface area contributed by atoms with Gasteiger partial charge in [-0.05, 0) is 49.8 Å². The Hall–Kier alpha value is -1.98. The number of benzene rings is 1. The third-order valence-electron chi connectivity index (χ3n) is 5.19. The number of nitrogens with zero attached hydrogens (tertiary/aromatic N) is 2. The normalized spacial score (nSPS) is 17.7. The van der Waals surface area contributed by atoms with E-state index in [0.29, 0.717) is 12.2 Å². The van der Waals surface area contributed by atoms with Gasteiger partial charge in [0.2, 0.25) is 0 Å². The quantitative estimate of drug-likeness (QED) is 0.851. The monoisotopic (exact) mass is 327 g/mol. The van der Waals surface area contributed by atoms with E-state index >= 15 is 0 Å². The third-order valence-corrected chi connectivity index (χ3v) is 5.19. The largest absolute Gasteiger partial charge is 0.396 e. The molecule has 128 valence electrons. The molecular weight excluding hydrogens is 302 g/mol. The van der Waals surface area contributed by atoms with Gasteiger partial charge >= 0.3 is 0 Å². The number of aliphatic hydroxyl groups is 1. The number of piperidine rings is 1. The number of aryl methyl sites for hydroxylation is 1. The van der Waals surface area contributed by atoms with Crippen LogP contribution in [0.5, 0.6) is 0 Å². The van der Waals surface area contributed by atoms with Crippen LogP contribution >= 0.6 is 0 Å². The summed E-state index contributed by atoms with van der Waals surface area (Å²) in [5.41, 5.74) is 1.79. The number of rotatable bonds is 6. The minimum Gasteiger partial charge on any atom is -0.396 e. The van der Waals surface area contributed by atoms with Gasteiger partial charge in [-0.3, -0.25) is 14.7 Å². The fraction of sp³-hybridized carbons (Fsp3) is 0.474. The first-order valence-corrected chi connectivity index (χ1v) is 8.60. The van der Waals surface area contributed by atoms with Crippen molar-refractivity contribution in [1.29, 1.82) is 0 Å². The van der Waals surface area contributed by atoms with Crippen LogP contribution in [0.2, 0.25) is 0 Å². The molecule has 2 aromatic rings. The van der Waals surface area contributed by atoms with Crippen molar-refractivity contribution in [2.75, 3.05) is 19.7 Å². The number of nitrogens with one attached hydrogen (secondary N) is 1. The molecule has 0 bridgehead atoms. The molecule has 0 amide bonds. The second-order valence-electron chi connectivity index (χ2n) is 6.78. The van der Waals surface area contributed by atoms with Crippen molar-refractivity contribution in [1.82, 2.24) is 14.9 Å². The lowest BCUT2D eigenvalue weighted by Crippen LogP contribution is -2.42. The van der Waals surface area contributed by atoms with E-state index in [-0.39, 0.29) is 17.6 Å². The van der Waals surface area contributed by atoms with Crippen molar-refractivity contribution in [3.63, 3.8) is 0 Å². The Bertz CT molecular complexity index is 691. The van der Waals surface area contributed by atoms with E-state index in [2.05, 4.69) is 39.1 Å². The molecule has 2 heterocycles. The Labute approximate surface area is 142 Å². The van der Waals surface area contributed by atoms with Gasteiger partial charge in [-0.15, -0.1) is 0 Å². The molecule has 5 heteroatoms. The van der Waals surface area contributed by atoms with Crippen molar-refractivity contribution in [3.8, 4) is 0 Å². The second kappa shape index (κ2) is 7.73. The standard InChI is InChI=1S/C19H25N3O2/c23-15-19(7-6-16-4-2-1-3-5-16)8-12-22(13-9-19)14-17-18(24)21-11-10-20-17/h1-5,10-11,23H,6-9,12-15H2,(H,21,24). The Morgan fingerprint density at radius 2 is 1.96 bits per heavy atom. The molecule has 1 aliphatic heterocycles. The molecule has 5 nitrogen and oxygen atoms in total. The van der Waals surface area contributed by atoms with Crippen LogP contribution in [0.4, 0.5) is 0 Å². The van der Waals surface area contributed by atoms with E-state index in [1.807, 2.05) is 6.07 Å². The van der Waals surface area contributed by atoms with E-state index in [1.54, 1.807) is 12.4 Å². The van der Waals surface area contributed by atoms with Crippen molar-refractivity contribution in [2.45, 2.75) is 32.2 Å². The van der Waals surface area contributed by atoms with E-state index in [1.165, 1.54) is 5.56 Å². The maximum atomic E-state index is 11.8. The fourth-order valence-corrected chi connectivity index (χ4v) is 3.43. The smallest absolute Gasteiger partial charge is 0.270 e. The summed E-state index contributed by atoms with van der Waals surface area (Å²) in [7, 11) is 0. The minimum absolute atomic E-state index is 0.00285. The summed E-state index contributed by atoms with van der Waals surface area (Å²) in [6.07, 6.45) is 7.11. The summed E-state index contributed by atoms with van der Waals surface area (Å²) < 4.78 is 0. The van der Waals surface area contributed by atoms with Gasteiger partial charge in [0.25, 0.3) is 5.56 Å². The molecular formula is C19H25N3O2. The van der Waals surface area contributed by atoms with Crippen molar-refractivity contribution in [3.05, 3.63) is 64.3 Å². The zero-order valence-electron chi connectivity index (χ0n) is 13.9. The second-order valence-corrected chi connectivity index (χ2v) is 6.78. The molecule has 0 spiro atoms. The van der Waals surface area contributed by atoms with Crippen LogP contribution in [0.1, 0.15) is 30.5 Å². The molecule has 1 aromatic carbocycles. The molecule has 2 N–H and O–H groups in total. The summed E-state index contributed by atoms with van der Waals surface area (Å²) >= 11 is 0. The number of aliphatic hydroxyl groups excluding tert-OH is 1. The molecule has 24 heavy (non-hydrogen) atoms. The molecule has 0 saturated carbocycles. The zero-order valence-corrected chi connectivity index (χ0v) is 13.9. The van der Waals surface area contributed by atoms with Gasteiger partial charge in [0.1, 0.15) is 5.69 Å². The van der Waals surface area contributed by atoms with Crippen molar-refractivity contribution >= 4 is 0 Å². The van der Waals surface area contributed by atoms with Crippen LogP contribution in [-0.4, -0.2) is 39.7 Å². The van der Waals surface area contributed by atoms with Crippen LogP contribution in [-0.2, 0) is 13.0 Å². The average Bonchev–Trinajstić information content (AvgIpc) is 2.64. The lowest BCUT2D eigenvalue weighted by atomic mass is 9.75. The summed E-state index contributed by atoms with van der Waals surface area (Å²) in [4.78, 5) is 20.8. The van der Waals surface area contributed by atoms with Gasteiger partial charge in [0.15, 0.2) is 0 Å². The topological polar surface area (TPSA) is 69.2 Å². The molecule has 0 radical (unpaired) electrons. The van der Waals surface area contributed by atoms with Crippen LogP contribution in [0, 0.1) is 5.41 Å². The maximum Gasteiger partial charge on any atom is 0.270 e. The predicted molar refractivity (Wildman–Crippen MR) is 93.7 cm³/mol. The number of hydrogen-bond donors (Lipinski definition) is 2. The molecule has 1 saturated heterocycles. The van der Waals surface area contributed by atoms with Crippen LogP contribution in [0.3, 0.4) is 0 Å². The van der Waals surface area contributed by atoms with Crippen LogP contribution in [0.15, 0.2) is 47.5 Å². The Balaban J connectivity index is 1.55. The number of aromatic nitrogens is 2. The molecule has 3 rings (SSSR count). The number of hydrogen-bond acceptors (Lipinski definition) is 4. The van der Waals surface area contributed by atoms with E-state index < -0.39 is 0 Å². The van der Waals surface area contributed by atoms with Gasteiger partial charge in [-0.1, -0.05) is 30.3 Å². The van der Waals surface area contributed by atoms with Crippen molar-refractivity contribution < 1.29 is 5.11 Å². The lowest BCUT2D eigenvalue weighted by molar-refractivity contribution is 0.0341. The summed E-state index contributed by atoms with van der Waals surface area (Å²) in [6.45, 7) is 2.60. The Kier molecular flexibility index (Phi) is 5.43. The van der Waals surface area contributed by atoms with Crippen LogP contribution in [0.25, 0.3) is 0 Å². The molecule has 0 unspecified atom stereocenters. The molecule has 1 aromatic heterocycles. The first kappa shape index (κ1) is 16.9. The highest BCUT2D eigenvalue weighted by atomic mass is 16.3. The van der Waals surface area contributed by atoms with Gasteiger partial charge in [0, 0.05) is 25.5 Å². The van der Waals surface area contributed by atoms with Gasteiger partial charge < -0.3 is 10.1 Å². The Morgan fingerprint density at radius 3 is 2.62 bits per heavy atom. The Morgan fingerprint density at radius 1 is 1.21 bits per heavy atom. The van der Waals surface area contributed by atoms with Crippen LogP contribution < -0.4 is 5.56 Å². The van der Waals surface area contributed by atoms with E-state index in [4.69, 9.17) is 0 Å². The van der Waals surface area contributed by atoms with E-state index in [9.17, 15) is 9.90 Å². The molecule has 0 aliphatic carbocycles. The number of aromatic amines is 1. The SMILES string of the molecule is O=c1[nH]ccnc1CN1CCC(CO)(CCc2ccccc2)CC1. The van der Waals surface area contributed by atoms with Gasteiger partial charge in [-0.2, -0.15) is 0 Å². The zero-order chi connectivity index (χ0) is 16.8. The predicted octanol–water partition coefficient (Wildman–Crippen LogP) is 1.98. The third kappa shape index (κ3) is 4.10. The first-order chi connectivity index (χ1) is 11.7. The highest BCUT2D eigenvalue weighted by Crippen LogP contribution is 2.36. The number of H-pyrrole nitrogens is 1. The minimum atomic E-state index is -0.111. The fourth-order valence-electron chi connectivity index (χ4n) is 3.43. The summed E-state index contributed by atoms with van der Waals surface area (Å²) in [6, 6.07) is 10.5. The average molecular weight is 327 g/mol. The summed E-state index contributed by atoms with van der Waals surface area (Å²) in [5.74, 6) is 0. The van der Waals surface area contributed by atoms with Gasteiger partial charge in [0.05, 0.1) is 0 Å². The van der Waals surface area contributed by atoms with Crippen molar-refractivity contribution in [2.24, 2.45) is 5.41 Å². The molecule has 1 aliphatic rings. The number of likely N-dealkylation sites (tertiary alicyclic amines) is 1. The molecule has 1 fully saturated rings. The highest BCUT2D eigenvalue weighted by Gasteiger charge is 2.33. The highest BCUT2D eigenvalue weighted by molar-refractivity contribution is 5.15. The molecule has 0 atom stereocenters. The van der Waals surface area contributed by atoms with E-state index in [0.717, 1.165) is 38.8 Å².